The van der Waals surface area contributed by atoms with Gasteiger partial charge in [-0.3, -0.25) is 4.55 Å². The van der Waals surface area contributed by atoms with E-state index in [0.717, 1.165) is 11.8 Å². The second-order valence-corrected chi connectivity index (χ2v) is 8.74. The van der Waals surface area contributed by atoms with Crippen molar-refractivity contribution >= 4 is 10.1 Å². The Balaban J connectivity index is 1.82. The summed E-state index contributed by atoms with van der Waals surface area (Å²) in [6.07, 6.45) is 8.38. The topological polar surface area (TPSA) is 66.4 Å². The van der Waals surface area contributed by atoms with E-state index in [1.165, 1.54) is 38.5 Å². The fraction of sp³-hybridized carbons (Fsp3) is 1.00. The van der Waals surface area contributed by atoms with Crippen molar-refractivity contribution in [1.82, 2.24) is 5.32 Å². The van der Waals surface area contributed by atoms with Gasteiger partial charge in [0.2, 0.25) is 0 Å². The van der Waals surface area contributed by atoms with Crippen LogP contribution in [0.1, 0.15) is 58.8 Å². The Hall–Kier alpha value is -0.130. The average Bonchev–Trinajstić information content (AvgIpc) is 2.26. The summed E-state index contributed by atoms with van der Waals surface area (Å²) in [4.78, 5) is 0. The van der Waals surface area contributed by atoms with Crippen LogP contribution in [0.25, 0.3) is 0 Å². The van der Waals surface area contributed by atoms with Crippen LogP contribution in [-0.4, -0.2) is 30.3 Å². The summed E-state index contributed by atoms with van der Waals surface area (Å²) in [5.41, 5.74) is 0.160. The van der Waals surface area contributed by atoms with Gasteiger partial charge in [-0.15, -0.1) is 0 Å². The van der Waals surface area contributed by atoms with Crippen molar-refractivity contribution in [2.24, 2.45) is 11.8 Å². The fourth-order valence-electron chi connectivity index (χ4n) is 4.00. The summed E-state index contributed by atoms with van der Waals surface area (Å²) in [5, 5.41) is 2.88. The van der Waals surface area contributed by atoms with Gasteiger partial charge in [0.1, 0.15) is 0 Å². The first-order chi connectivity index (χ1) is 8.78. The van der Waals surface area contributed by atoms with Gasteiger partial charge in [0.05, 0.1) is 5.25 Å². The molecule has 0 aliphatic heterocycles. The summed E-state index contributed by atoms with van der Waals surface area (Å²) < 4.78 is 30.9. The van der Waals surface area contributed by atoms with Gasteiger partial charge in [-0.1, -0.05) is 19.3 Å². The standard InChI is InChI=1S/C14H27NO3S/c1-11(19(16,17)18)6-7-15-14(2)9-12-4-3-5-13(8-12)10-14/h11-13,15H,3-10H2,1-2H3,(H,16,17,18)/t11?,12-,13+,14?. The molecule has 0 saturated heterocycles. The van der Waals surface area contributed by atoms with Gasteiger partial charge in [0.15, 0.2) is 0 Å². The lowest BCUT2D eigenvalue weighted by molar-refractivity contribution is 0.0992. The van der Waals surface area contributed by atoms with Crippen LogP contribution >= 0.6 is 0 Å². The van der Waals surface area contributed by atoms with Crippen molar-refractivity contribution in [2.45, 2.75) is 69.6 Å². The summed E-state index contributed by atoms with van der Waals surface area (Å²) >= 11 is 0. The Kier molecular flexibility index (Phi) is 4.58. The molecule has 2 rings (SSSR count). The van der Waals surface area contributed by atoms with E-state index in [0.29, 0.717) is 13.0 Å². The number of fused-ring (bicyclic) bond motifs is 2. The number of nitrogens with one attached hydrogen (secondary N) is 1. The SMILES string of the molecule is CC(CCNC1(C)C[C@@H]2CCC[C@@H](C2)C1)S(=O)(=O)O. The smallest absolute Gasteiger partial charge is 0.267 e. The van der Waals surface area contributed by atoms with E-state index in [9.17, 15) is 8.42 Å². The molecular formula is C14H27NO3S. The molecule has 2 N–H and O–H groups in total. The molecule has 19 heavy (non-hydrogen) atoms. The average molecular weight is 289 g/mol. The van der Waals surface area contributed by atoms with Crippen molar-refractivity contribution in [3.05, 3.63) is 0 Å². The molecule has 2 bridgehead atoms. The Bertz CT molecular complexity index is 395. The van der Waals surface area contributed by atoms with Crippen LogP contribution in [0.4, 0.5) is 0 Å². The maximum absolute atomic E-state index is 11.0. The molecule has 0 aromatic heterocycles. The van der Waals surface area contributed by atoms with Crippen molar-refractivity contribution in [1.29, 1.82) is 0 Å². The molecule has 0 aromatic rings. The third-order valence-electron chi connectivity index (χ3n) is 4.98. The number of hydrogen-bond donors (Lipinski definition) is 2. The lowest BCUT2D eigenvalue weighted by Gasteiger charge is -2.46. The predicted molar refractivity (Wildman–Crippen MR) is 76.7 cm³/mol. The van der Waals surface area contributed by atoms with E-state index in [4.69, 9.17) is 4.55 Å². The second-order valence-electron chi connectivity index (χ2n) is 6.91. The first kappa shape index (κ1) is 15.3. The summed E-state index contributed by atoms with van der Waals surface area (Å²) in [6.45, 7) is 4.50. The van der Waals surface area contributed by atoms with Crippen molar-refractivity contribution < 1.29 is 13.0 Å². The zero-order valence-electron chi connectivity index (χ0n) is 12.1. The zero-order valence-corrected chi connectivity index (χ0v) is 12.9. The third-order valence-corrected chi connectivity index (χ3v) is 6.23. The van der Waals surface area contributed by atoms with Crippen LogP contribution in [0, 0.1) is 11.8 Å². The number of rotatable bonds is 5. The molecule has 5 heteroatoms. The molecule has 2 saturated carbocycles. The first-order valence-corrected chi connectivity index (χ1v) is 9.00. The monoisotopic (exact) mass is 289 g/mol. The summed E-state index contributed by atoms with van der Waals surface area (Å²) in [6, 6.07) is 0. The van der Waals surface area contributed by atoms with E-state index in [-0.39, 0.29) is 5.54 Å². The predicted octanol–water partition coefficient (Wildman–Crippen LogP) is 2.60. The van der Waals surface area contributed by atoms with Gasteiger partial charge in [-0.05, 0) is 57.9 Å². The van der Waals surface area contributed by atoms with Gasteiger partial charge >= 0.3 is 0 Å². The van der Waals surface area contributed by atoms with E-state index < -0.39 is 15.4 Å². The normalized spacial score (nSPS) is 37.0. The van der Waals surface area contributed by atoms with Crippen LogP contribution in [0.5, 0.6) is 0 Å². The van der Waals surface area contributed by atoms with Gasteiger partial charge in [-0.25, -0.2) is 0 Å². The summed E-state index contributed by atoms with van der Waals surface area (Å²) in [5.74, 6) is 1.70. The highest BCUT2D eigenvalue weighted by Gasteiger charge is 2.38. The highest BCUT2D eigenvalue weighted by molar-refractivity contribution is 7.86. The molecule has 0 spiro atoms. The van der Waals surface area contributed by atoms with Crippen LogP contribution in [0.15, 0.2) is 0 Å². The zero-order chi connectivity index (χ0) is 14.1. The largest absolute Gasteiger partial charge is 0.311 e. The van der Waals surface area contributed by atoms with Crippen LogP contribution in [-0.2, 0) is 10.1 Å². The lowest BCUT2D eigenvalue weighted by atomic mass is 9.65. The Morgan fingerprint density at radius 1 is 1.32 bits per heavy atom. The van der Waals surface area contributed by atoms with E-state index in [2.05, 4.69) is 12.2 Å². The van der Waals surface area contributed by atoms with Crippen LogP contribution in [0.2, 0.25) is 0 Å². The molecule has 112 valence electrons. The highest BCUT2D eigenvalue weighted by Crippen LogP contribution is 2.44. The highest BCUT2D eigenvalue weighted by atomic mass is 32.2. The van der Waals surface area contributed by atoms with Crippen molar-refractivity contribution in [3.8, 4) is 0 Å². The molecule has 4 atom stereocenters. The first-order valence-electron chi connectivity index (χ1n) is 7.50. The molecule has 2 fully saturated rings. The molecule has 4 nitrogen and oxygen atoms in total. The maximum atomic E-state index is 11.0. The van der Waals surface area contributed by atoms with Crippen LogP contribution in [0.3, 0.4) is 0 Å². The minimum absolute atomic E-state index is 0.160. The van der Waals surface area contributed by atoms with Crippen molar-refractivity contribution in [3.63, 3.8) is 0 Å². The van der Waals surface area contributed by atoms with Gasteiger partial charge in [0, 0.05) is 5.54 Å². The van der Waals surface area contributed by atoms with Gasteiger partial charge < -0.3 is 5.32 Å². The second kappa shape index (κ2) is 5.70. The molecule has 0 radical (unpaired) electrons. The molecular weight excluding hydrogens is 262 g/mol. The molecule has 0 heterocycles. The van der Waals surface area contributed by atoms with E-state index >= 15 is 0 Å². The van der Waals surface area contributed by atoms with Crippen LogP contribution < -0.4 is 5.32 Å². The number of hydrogen-bond acceptors (Lipinski definition) is 3. The Morgan fingerprint density at radius 3 is 2.42 bits per heavy atom. The minimum Gasteiger partial charge on any atom is -0.311 e. The molecule has 2 aliphatic carbocycles. The third kappa shape index (κ3) is 4.17. The fourth-order valence-corrected chi connectivity index (χ4v) is 4.42. The van der Waals surface area contributed by atoms with E-state index in [1.54, 1.807) is 6.92 Å². The molecule has 2 unspecified atom stereocenters. The van der Waals surface area contributed by atoms with Gasteiger partial charge in [0.25, 0.3) is 10.1 Å². The molecule has 2 aliphatic rings. The van der Waals surface area contributed by atoms with Crippen molar-refractivity contribution in [2.75, 3.05) is 6.54 Å². The quantitative estimate of drug-likeness (QED) is 0.764. The van der Waals surface area contributed by atoms with Gasteiger partial charge in [-0.2, -0.15) is 8.42 Å². The minimum atomic E-state index is -3.88. The Labute approximate surface area is 117 Å². The Morgan fingerprint density at radius 2 is 1.89 bits per heavy atom. The maximum Gasteiger partial charge on any atom is 0.267 e. The summed E-state index contributed by atoms with van der Waals surface area (Å²) in [7, 11) is -3.88. The van der Waals surface area contributed by atoms with E-state index in [1.807, 2.05) is 0 Å². The molecule has 0 amide bonds. The lowest BCUT2D eigenvalue weighted by Crippen LogP contribution is -2.50. The molecule has 0 aromatic carbocycles.